The van der Waals surface area contributed by atoms with Gasteiger partial charge in [-0.15, -0.1) is 0 Å². The van der Waals surface area contributed by atoms with Crippen LogP contribution in [0.1, 0.15) is 5.56 Å². The van der Waals surface area contributed by atoms with Crippen molar-refractivity contribution in [3.8, 4) is 0 Å². The summed E-state index contributed by atoms with van der Waals surface area (Å²) in [5.74, 6) is -0.0787. The van der Waals surface area contributed by atoms with Gasteiger partial charge in [0.25, 0.3) is 25.7 Å². The Morgan fingerprint density at radius 2 is 1.24 bits per heavy atom. The van der Waals surface area contributed by atoms with Crippen LogP contribution in [0.5, 0.6) is 0 Å². The minimum atomic E-state index is -4.28. The lowest BCUT2D eigenvalue weighted by atomic mass is 10.2. The molecule has 5 aromatic rings. The van der Waals surface area contributed by atoms with Crippen LogP contribution in [0.4, 0.5) is 28.7 Å². The van der Waals surface area contributed by atoms with Gasteiger partial charge >= 0.3 is 0 Å². The number of aryl methyl sites for hydroxylation is 1. The number of benzene rings is 4. The molecule has 0 amide bonds. The SMILES string of the molecule is Cc1ccc(S(=O)(=O)Nc2ccc(Nc3nc4ccccc4nc3NS(=O)(=O)c3cccc([N+](=O)[O-])c3)cc2)cc1. The standard InChI is InChI=1S/C27H22N6O6S2/c1-18-9-15-22(16-10-18)40(36,37)31-20-13-11-19(12-14-20)28-26-27(30-25-8-3-2-7-24(25)29-26)32-41(38,39)23-6-4-5-21(17-23)33(34)35/h2-17,31H,1H3,(H,28,29)(H,30,32). The van der Waals surface area contributed by atoms with Crippen molar-refractivity contribution in [1.82, 2.24) is 9.97 Å². The summed E-state index contributed by atoms with van der Waals surface area (Å²) in [6.07, 6.45) is 0. The van der Waals surface area contributed by atoms with Crippen LogP contribution in [0.3, 0.4) is 0 Å². The number of nitro groups is 1. The molecule has 0 aliphatic carbocycles. The van der Waals surface area contributed by atoms with Gasteiger partial charge in [0.2, 0.25) is 0 Å². The molecule has 12 nitrogen and oxygen atoms in total. The predicted molar refractivity (Wildman–Crippen MR) is 155 cm³/mol. The first-order valence-corrected chi connectivity index (χ1v) is 15.0. The Labute approximate surface area is 235 Å². The minimum Gasteiger partial charge on any atom is -0.337 e. The van der Waals surface area contributed by atoms with Crippen molar-refractivity contribution < 1.29 is 21.8 Å². The number of hydrogen-bond donors (Lipinski definition) is 3. The molecule has 41 heavy (non-hydrogen) atoms. The third kappa shape index (κ3) is 6.23. The predicted octanol–water partition coefficient (Wildman–Crippen LogP) is 5.19. The van der Waals surface area contributed by atoms with Crippen LogP contribution < -0.4 is 14.8 Å². The number of nitrogens with zero attached hydrogens (tertiary/aromatic N) is 3. The molecule has 3 N–H and O–H groups in total. The van der Waals surface area contributed by atoms with Gasteiger partial charge in [-0.3, -0.25) is 19.6 Å². The van der Waals surface area contributed by atoms with Crippen LogP contribution in [0.2, 0.25) is 0 Å². The third-order valence-electron chi connectivity index (χ3n) is 5.87. The molecular formula is C27H22N6O6S2. The van der Waals surface area contributed by atoms with Crippen molar-refractivity contribution in [2.24, 2.45) is 0 Å². The fraction of sp³-hybridized carbons (Fsp3) is 0.0370. The number of rotatable bonds is 9. The lowest BCUT2D eigenvalue weighted by Gasteiger charge is -2.14. The van der Waals surface area contributed by atoms with Crippen LogP contribution in [0, 0.1) is 17.0 Å². The molecule has 0 spiro atoms. The van der Waals surface area contributed by atoms with Crippen molar-refractivity contribution in [1.29, 1.82) is 0 Å². The maximum Gasteiger partial charge on any atom is 0.270 e. The van der Waals surface area contributed by atoms with E-state index in [4.69, 9.17) is 0 Å². The summed E-state index contributed by atoms with van der Waals surface area (Å²) in [5, 5.41) is 14.2. The molecule has 0 saturated carbocycles. The fourth-order valence-corrected chi connectivity index (χ4v) is 5.91. The lowest BCUT2D eigenvalue weighted by Crippen LogP contribution is -2.16. The number of nitro benzene ring substituents is 1. The van der Waals surface area contributed by atoms with E-state index < -0.39 is 25.0 Å². The van der Waals surface area contributed by atoms with Crippen LogP contribution in [-0.4, -0.2) is 31.7 Å². The second-order valence-corrected chi connectivity index (χ2v) is 12.3. The van der Waals surface area contributed by atoms with E-state index in [1.807, 2.05) is 6.92 Å². The molecular weight excluding hydrogens is 568 g/mol. The highest BCUT2D eigenvalue weighted by atomic mass is 32.2. The number of nitrogens with one attached hydrogen (secondary N) is 3. The molecule has 0 radical (unpaired) electrons. The molecule has 4 aromatic carbocycles. The van der Waals surface area contributed by atoms with E-state index in [-0.39, 0.29) is 27.1 Å². The van der Waals surface area contributed by atoms with E-state index in [9.17, 15) is 26.9 Å². The first-order chi connectivity index (χ1) is 19.5. The molecule has 1 heterocycles. The largest absolute Gasteiger partial charge is 0.337 e. The summed E-state index contributed by atoms with van der Waals surface area (Å²) >= 11 is 0. The van der Waals surface area contributed by atoms with Gasteiger partial charge in [0.05, 0.1) is 25.7 Å². The Kier molecular flexibility index (Phi) is 7.26. The smallest absolute Gasteiger partial charge is 0.270 e. The highest BCUT2D eigenvalue weighted by molar-refractivity contribution is 7.93. The molecule has 0 fully saturated rings. The van der Waals surface area contributed by atoms with Gasteiger partial charge in [0.15, 0.2) is 11.6 Å². The van der Waals surface area contributed by atoms with Gasteiger partial charge in [-0.05, 0) is 61.5 Å². The monoisotopic (exact) mass is 590 g/mol. The molecule has 5 rings (SSSR count). The fourth-order valence-electron chi connectivity index (χ4n) is 3.80. The first kappa shape index (κ1) is 27.5. The Bertz CT molecular complexity index is 1980. The van der Waals surface area contributed by atoms with Crippen LogP contribution in [-0.2, 0) is 20.0 Å². The Hall–Kier alpha value is -5.08. The van der Waals surface area contributed by atoms with Gasteiger partial charge in [0, 0.05) is 23.5 Å². The van der Waals surface area contributed by atoms with Gasteiger partial charge in [-0.1, -0.05) is 35.9 Å². The quantitative estimate of drug-likeness (QED) is 0.154. The zero-order chi connectivity index (χ0) is 29.2. The average molecular weight is 591 g/mol. The molecule has 14 heteroatoms. The van der Waals surface area contributed by atoms with Crippen LogP contribution in [0.25, 0.3) is 11.0 Å². The van der Waals surface area contributed by atoms with Crippen molar-refractivity contribution in [2.45, 2.75) is 16.7 Å². The summed E-state index contributed by atoms with van der Waals surface area (Å²) in [6.45, 7) is 1.86. The van der Waals surface area contributed by atoms with Gasteiger partial charge < -0.3 is 5.32 Å². The molecule has 0 atom stereocenters. The van der Waals surface area contributed by atoms with Crippen LogP contribution in [0.15, 0.2) is 107 Å². The van der Waals surface area contributed by atoms with Crippen molar-refractivity contribution in [3.63, 3.8) is 0 Å². The van der Waals surface area contributed by atoms with Crippen molar-refractivity contribution in [3.05, 3.63) is 113 Å². The molecule has 0 bridgehead atoms. The highest BCUT2D eigenvalue weighted by Crippen LogP contribution is 2.29. The average Bonchev–Trinajstić information content (AvgIpc) is 2.94. The number of fused-ring (bicyclic) bond motifs is 1. The highest BCUT2D eigenvalue weighted by Gasteiger charge is 2.21. The van der Waals surface area contributed by atoms with E-state index >= 15 is 0 Å². The number of non-ortho nitro benzene ring substituents is 1. The molecule has 0 unspecified atom stereocenters. The molecule has 208 valence electrons. The van der Waals surface area contributed by atoms with Gasteiger partial charge in [-0.2, -0.15) is 0 Å². The Morgan fingerprint density at radius 1 is 0.659 bits per heavy atom. The first-order valence-electron chi connectivity index (χ1n) is 12.0. The van der Waals surface area contributed by atoms with E-state index in [1.165, 1.54) is 42.5 Å². The number of sulfonamides is 2. The summed E-state index contributed by atoms with van der Waals surface area (Å²) in [7, 11) is -8.08. The van der Waals surface area contributed by atoms with Gasteiger partial charge in [0.1, 0.15) is 0 Å². The Balaban J connectivity index is 1.43. The van der Waals surface area contributed by atoms with Crippen molar-refractivity contribution >= 4 is 59.8 Å². The number of para-hydroxylation sites is 2. The van der Waals surface area contributed by atoms with E-state index in [0.29, 0.717) is 22.4 Å². The number of aromatic nitrogens is 2. The minimum absolute atomic E-state index is 0.0608. The number of hydrogen-bond acceptors (Lipinski definition) is 9. The van der Waals surface area contributed by atoms with E-state index in [0.717, 1.165) is 11.6 Å². The lowest BCUT2D eigenvalue weighted by molar-refractivity contribution is -0.385. The molecule has 0 aliphatic heterocycles. The topological polar surface area (TPSA) is 173 Å². The zero-order valence-electron chi connectivity index (χ0n) is 21.3. The maximum absolute atomic E-state index is 13.1. The summed E-state index contributed by atoms with van der Waals surface area (Å²) < 4.78 is 56.6. The van der Waals surface area contributed by atoms with Gasteiger partial charge in [-0.25, -0.2) is 26.8 Å². The Morgan fingerprint density at radius 3 is 1.88 bits per heavy atom. The van der Waals surface area contributed by atoms with E-state index in [2.05, 4.69) is 24.7 Å². The third-order valence-corrected chi connectivity index (χ3v) is 8.61. The summed E-state index contributed by atoms with van der Waals surface area (Å²) in [5.41, 5.74) is 2.22. The zero-order valence-corrected chi connectivity index (χ0v) is 23.0. The van der Waals surface area contributed by atoms with Crippen molar-refractivity contribution in [2.75, 3.05) is 14.8 Å². The molecule has 1 aromatic heterocycles. The number of anilines is 4. The van der Waals surface area contributed by atoms with Crippen LogP contribution >= 0.6 is 0 Å². The summed E-state index contributed by atoms with van der Waals surface area (Å²) in [6, 6.07) is 24.2. The molecule has 0 aliphatic rings. The summed E-state index contributed by atoms with van der Waals surface area (Å²) in [4.78, 5) is 19.2. The second kappa shape index (κ2) is 10.8. The normalized spacial score (nSPS) is 11.6. The molecule has 0 saturated heterocycles. The maximum atomic E-state index is 13.1. The van der Waals surface area contributed by atoms with E-state index in [1.54, 1.807) is 48.5 Å². The second-order valence-electron chi connectivity index (χ2n) is 8.89.